The molecular formula is C21H26N4O2. The first-order valence-corrected chi connectivity index (χ1v) is 9.46. The fraction of sp³-hybridized carbons (Fsp3) is 0.381. The highest BCUT2D eigenvalue weighted by Gasteiger charge is 2.24. The fourth-order valence-corrected chi connectivity index (χ4v) is 3.48. The number of ether oxygens (including phenoxy) is 1. The number of hydrogen-bond donors (Lipinski definition) is 1. The van der Waals surface area contributed by atoms with Gasteiger partial charge in [-0.25, -0.2) is 4.98 Å². The zero-order valence-corrected chi connectivity index (χ0v) is 15.7. The lowest BCUT2D eigenvalue weighted by molar-refractivity contribution is 0.0115. The van der Waals surface area contributed by atoms with Crippen LogP contribution in [0.5, 0.6) is 0 Å². The van der Waals surface area contributed by atoms with Crippen molar-refractivity contribution in [3.63, 3.8) is 0 Å². The molecule has 1 fully saturated rings. The summed E-state index contributed by atoms with van der Waals surface area (Å²) in [5.41, 5.74) is 2.38. The second kappa shape index (κ2) is 8.52. The fourth-order valence-electron chi connectivity index (χ4n) is 3.48. The van der Waals surface area contributed by atoms with E-state index in [1.165, 1.54) is 5.56 Å². The van der Waals surface area contributed by atoms with Crippen molar-refractivity contribution in [2.45, 2.75) is 19.5 Å². The molecule has 1 atom stereocenters. The number of imidazole rings is 1. The molecule has 6 heteroatoms. The minimum atomic E-state index is 0.229. The molecule has 0 aliphatic carbocycles. The molecule has 1 aliphatic rings. The van der Waals surface area contributed by atoms with Gasteiger partial charge in [-0.3, -0.25) is 4.90 Å². The van der Waals surface area contributed by atoms with Gasteiger partial charge in [-0.2, -0.15) is 0 Å². The molecule has 0 radical (unpaired) electrons. The average Bonchev–Trinajstić information content (AvgIpc) is 3.39. The third kappa shape index (κ3) is 4.47. The van der Waals surface area contributed by atoms with Gasteiger partial charge in [-0.1, -0.05) is 12.1 Å². The average molecular weight is 366 g/mol. The summed E-state index contributed by atoms with van der Waals surface area (Å²) in [7, 11) is 0. The Morgan fingerprint density at radius 2 is 1.93 bits per heavy atom. The number of rotatable bonds is 7. The highest BCUT2D eigenvalue weighted by Crippen LogP contribution is 2.23. The van der Waals surface area contributed by atoms with Gasteiger partial charge in [0.25, 0.3) is 0 Å². The first-order valence-electron chi connectivity index (χ1n) is 9.46. The van der Waals surface area contributed by atoms with Gasteiger partial charge in [0.1, 0.15) is 11.5 Å². The number of hydrogen-bond acceptors (Lipinski definition) is 5. The summed E-state index contributed by atoms with van der Waals surface area (Å²) >= 11 is 0. The van der Waals surface area contributed by atoms with E-state index in [1.54, 1.807) is 6.20 Å². The van der Waals surface area contributed by atoms with Crippen LogP contribution in [-0.4, -0.2) is 47.3 Å². The first-order chi connectivity index (χ1) is 13.3. The Kier molecular flexibility index (Phi) is 5.67. The van der Waals surface area contributed by atoms with Crippen LogP contribution >= 0.6 is 0 Å². The van der Waals surface area contributed by atoms with Crippen LogP contribution in [-0.2, 0) is 11.3 Å². The molecule has 0 spiro atoms. The quantitative estimate of drug-likeness (QED) is 0.697. The second-order valence-electron chi connectivity index (χ2n) is 6.88. The molecule has 2 aromatic heterocycles. The highest BCUT2D eigenvalue weighted by molar-refractivity contribution is 5.34. The predicted octanol–water partition coefficient (Wildman–Crippen LogP) is 2.94. The third-order valence-electron chi connectivity index (χ3n) is 4.98. The Labute approximate surface area is 159 Å². The number of benzene rings is 1. The van der Waals surface area contributed by atoms with Crippen molar-refractivity contribution in [3.8, 4) is 5.69 Å². The van der Waals surface area contributed by atoms with Gasteiger partial charge < -0.3 is 19.0 Å². The molecule has 0 unspecified atom stereocenters. The zero-order chi connectivity index (χ0) is 18.5. The number of aryl methyl sites for hydroxylation is 1. The summed E-state index contributed by atoms with van der Waals surface area (Å²) < 4.78 is 13.4. The molecular weight excluding hydrogens is 340 g/mol. The summed E-state index contributed by atoms with van der Waals surface area (Å²) in [5.74, 6) is 1.98. The molecule has 0 amide bonds. The van der Waals surface area contributed by atoms with Crippen molar-refractivity contribution in [1.29, 1.82) is 0 Å². The normalized spacial score (nSPS) is 16.5. The standard InChI is InChI=1S/C21H26N4O2/c1-17-2-7-21(27-17)20(24-10-12-26-13-11-24)15-23-14-18-3-5-19(6-4-18)25-9-8-22-16-25/h2-9,16,20,23H,10-15H2,1H3/t20-/m0/s1. The van der Waals surface area contributed by atoms with Gasteiger partial charge in [0, 0.05) is 44.3 Å². The third-order valence-corrected chi connectivity index (χ3v) is 4.98. The number of aromatic nitrogens is 2. The van der Waals surface area contributed by atoms with Gasteiger partial charge in [0.15, 0.2) is 0 Å². The summed E-state index contributed by atoms with van der Waals surface area (Å²) in [6, 6.07) is 12.9. The zero-order valence-electron chi connectivity index (χ0n) is 15.7. The molecule has 1 aliphatic heterocycles. The minimum absolute atomic E-state index is 0.229. The summed E-state index contributed by atoms with van der Waals surface area (Å²) in [6.45, 7) is 7.10. The van der Waals surface area contributed by atoms with Crippen molar-refractivity contribution in [3.05, 3.63) is 72.2 Å². The van der Waals surface area contributed by atoms with E-state index in [1.807, 2.05) is 30.1 Å². The number of furan rings is 1. The number of nitrogens with zero attached hydrogens (tertiary/aromatic N) is 3. The largest absolute Gasteiger partial charge is 0.465 e. The van der Waals surface area contributed by atoms with Crippen LogP contribution in [0.2, 0.25) is 0 Å². The van der Waals surface area contributed by atoms with E-state index < -0.39 is 0 Å². The van der Waals surface area contributed by atoms with Crippen molar-refractivity contribution in [2.75, 3.05) is 32.8 Å². The number of morpholine rings is 1. The van der Waals surface area contributed by atoms with Gasteiger partial charge >= 0.3 is 0 Å². The van der Waals surface area contributed by atoms with E-state index >= 15 is 0 Å². The van der Waals surface area contributed by atoms with Gasteiger partial charge in [-0.05, 0) is 36.8 Å². The van der Waals surface area contributed by atoms with E-state index in [0.717, 1.165) is 56.6 Å². The van der Waals surface area contributed by atoms with Crippen LogP contribution < -0.4 is 5.32 Å². The van der Waals surface area contributed by atoms with E-state index in [4.69, 9.17) is 9.15 Å². The maximum Gasteiger partial charge on any atom is 0.122 e. The van der Waals surface area contributed by atoms with Crippen molar-refractivity contribution >= 4 is 0 Å². The van der Waals surface area contributed by atoms with E-state index in [0.29, 0.717) is 0 Å². The maximum atomic E-state index is 5.93. The highest BCUT2D eigenvalue weighted by atomic mass is 16.5. The lowest BCUT2D eigenvalue weighted by Gasteiger charge is -2.33. The smallest absolute Gasteiger partial charge is 0.122 e. The van der Waals surface area contributed by atoms with Gasteiger partial charge in [0.05, 0.1) is 25.6 Å². The van der Waals surface area contributed by atoms with E-state index in [-0.39, 0.29) is 6.04 Å². The summed E-state index contributed by atoms with van der Waals surface area (Å²) in [6.07, 6.45) is 5.55. The molecule has 6 nitrogen and oxygen atoms in total. The molecule has 142 valence electrons. The van der Waals surface area contributed by atoms with Crippen molar-refractivity contribution < 1.29 is 9.15 Å². The lowest BCUT2D eigenvalue weighted by atomic mass is 10.1. The summed E-state index contributed by atoms with van der Waals surface area (Å²) in [4.78, 5) is 6.53. The van der Waals surface area contributed by atoms with Crippen LogP contribution in [0.25, 0.3) is 5.69 Å². The van der Waals surface area contributed by atoms with Crippen LogP contribution in [0.1, 0.15) is 23.1 Å². The SMILES string of the molecule is Cc1ccc([C@H](CNCc2ccc(-n3ccnc3)cc2)N2CCOCC2)o1. The Bertz CT molecular complexity index is 820. The maximum absolute atomic E-state index is 5.93. The van der Waals surface area contributed by atoms with Crippen LogP contribution in [0, 0.1) is 6.92 Å². The van der Waals surface area contributed by atoms with Gasteiger partial charge in [-0.15, -0.1) is 0 Å². The minimum Gasteiger partial charge on any atom is -0.465 e. The molecule has 27 heavy (non-hydrogen) atoms. The van der Waals surface area contributed by atoms with Crippen LogP contribution in [0.4, 0.5) is 0 Å². The number of nitrogens with one attached hydrogen (secondary N) is 1. The second-order valence-corrected chi connectivity index (χ2v) is 6.88. The van der Waals surface area contributed by atoms with E-state index in [9.17, 15) is 0 Å². The predicted molar refractivity (Wildman–Crippen MR) is 104 cm³/mol. The molecule has 3 heterocycles. The van der Waals surface area contributed by atoms with Crippen molar-refractivity contribution in [1.82, 2.24) is 19.8 Å². The van der Waals surface area contributed by atoms with Crippen LogP contribution in [0.15, 0.2) is 59.5 Å². The molecule has 0 bridgehead atoms. The molecule has 4 rings (SSSR count). The first kappa shape index (κ1) is 18.0. The molecule has 1 N–H and O–H groups in total. The van der Waals surface area contributed by atoms with E-state index in [2.05, 4.69) is 45.5 Å². The Morgan fingerprint density at radius 1 is 1.11 bits per heavy atom. The molecule has 1 aromatic carbocycles. The van der Waals surface area contributed by atoms with Gasteiger partial charge in [0.2, 0.25) is 0 Å². The van der Waals surface area contributed by atoms with Crippen LogP contribution in [0.3, 0.4) is 0 Å². The Balaban J connectivity index is 1.37. The lowest BCUT2D eigenvalue weighted by Crippen LogP contribution is -2.42. The Morgan fingerprint density at radius 3 is 2.59 bits per heavy atom. The molecule has 3 aromatic rings. The Hall–Kier alpha value is -2.41. The topological polar surface area (TPSA) is 55.5 Å². The summed E-state index contributed by atoms with van der Waals surface area (Å²) in [5, 5.41) is 3.60. The van der Waals surface area contributed by atoms with Crippen molar-refractivity contribution in [2.24, 2.45) is 0 Å². The molecule has 1 saturated heterocycles. The molecule has 0 saturated carbocycles. The monoisotopic (exact) mass is 366 g/mol.